The van der Waals surface area contributed by atoms with Crippen molar-refractivity contribution >= 4 is 35.1 Å². The van der Waals surface area contributed by atoms with Crippen LogP contribution in [0, 0.1) is 23.7 Å². The smallest absolute Gasteiger partial charge is 0.416 e. The van der Waals surface area contributed by atoms with Crippen LogP contribution in [0.3, 0.4) is 0 Å². The summed E-state index contributed by atoms with van der Waals surface area (Å²) in [5.74, 6) is -1.81. The molecular formula is C34H39Cl2F6NO3. The maximum Gasteiger partial charge on any atom is 0.416 e. The SMILES string of the molecule is COC(=O)[C@@H]1CCC(CCCC(C)Cc2cc(C(F)(F)F)cc(C(F)(F)F)c2)[C@]2(C)c3cc(Cl)c(C(C)C)c(Cl)c3C(=O)NC[C@H]12. The highest BCUT2D eigenvalue weighted by Gasteiger charge is 2.54. The molecule has 4 nitrogen and oxygen atoms in total. The fraction of sp³-hybridized carbons (Fsp3) is 0.588. The van der Waals surface area contributed by atoms with E-state index >= 15 is 0 Å². The van der Waals surface area contributed by atoms with E-state index in [4.69, 9.17) is 27.9 Å². The number of carbonyl (C=O) groups excluding carboxylic acids is 2. The van der Waals surface area contributed by atoms with Gasteiger partial charge in [-0.05, 0) is 90.3 Å². The molecule has 2 aromatic carbocycles. The van der Waals surface area contributed by atoms with Crippen LogP contribution in [-0.4, -0.2) is 25.5 Å². The number of ether oxygens (including phenoxy) is 1. The summed E-state index contributed by atoms with van der Waals surface area (Å²) < 4.78 is 85.5. The first-order chi connectivity index (χ1) is 21.3. The molecule has 4 rings (SSSR count). The maximum absolute atomic E-state index is 13.5. The second kappa shape index (κ2) is 13.6. The van der Waals surface area contributed by atoms with Crippen LogP contribution >= 0.6 is 23.2 Å². The number of alkyl halides is 6. The Labute approximate surface area is 275 Å². The van der Waals surface area contributed by atoms with Crippen molar-refractivity contribution in [1.29, 1.82) is 0 Å². The maximum atomic E-state index is 13.5. The number of benzene rings is 2. The summed E-state index contributed by atoms with van der Waals surface area (Å²) in [5.41, 5.74) is -1.71. The zero-order valence-electron chi connectivity index (χ0n) is 26.4. The molecule has 1 fully saturated rings. The van der Waals surface area contributed by atoms with Crippen molar-refractivity contribution in [3.63, 3.8) is 0 Å². The van der Waals surface area contributed by atoms with Crippen LogP contribution in [0.25, 0.3) is 0 Å². The van der Waals surface area contributed by atoms with Crippen molar-refractivity contribution in [3.05, 3.63) is 67.7 Å². The van der Waals surface area contributed by atoms with Gasteiger partial charge < -0.3 is 10.1 Å². The Morgan fingerprint density at radius 1 is 1.02 bits per heavy atom. The van der Waals surface area contributed by atoms with E-state index in [-0.39, 0.29) is 65.2 Å². The van der Waals surface area contributed by atoms with Gasteiger partial charge in [0.1, 0.15) is 0 Å². The van der Waals surface area contributed by atoms with Gasteiger partial charge in [-0.15, -0.1) is 0 Å². The second-order valence-electron chi connectivity index (χ2n) is 13.3. The molecule has 2 aromatic rings. The largest absolute Gasteiger partial charge is 0.469 e. The molecular weight excluding hydrogens is 655 g/mol. The number of hydrogen-bond donors (Lipinski definition) is 1. The summed E-state index contributed by atoms with van der Waals surface area (Å²) in [6.07, 6.45) is -6.75. The van der Waals surface area contributed by atoms with Crippen LogP contribution in [0.1, 0.15) is 104 Å². The molecule has 0 aromatic heterocycles. The highest BCUT2D eigenvalue weighted by Crippen LogP contribution is 2.55. The Kier molecular flexibility index (Phi) is 10.7. The summed E-state index contributed by atoms with van der Waals surface area (Å²) in [6, 6.07) is 3.52. The zero-order chi connectivity index (χ0) is 34.4. The summed E-state index contributed by atoms with van der Waals surface area (Å²) in [6.45, 7) is 7.92. The van der Waals surface area contributed by atoms with E-state index in [0.717, 1.165) is 12.1 Å². The Hall–Kier alpha value is -2.46. The Morgan fingerprint density at radius 3 is 2.17 bits per heavy atom. The third kappa shape index (κ3) is 7.18. The highest BCUT2D eigenvalue weighted by atomic mass is 35.5. The van der Waals surface area contributed by atoms with E-state index in [1.54, 1.807) is 6.07 Å². The van der Waals surface area contributed by atoms with Crippen molar-refractivity contribution in [2.45, 2.75) is 89.9 Å². The van der Waals surface area contributed by atoms with Gasteiger partial charge in [-0.25, -0.2) is 0 Å². The van der Waals surface area contributed by atoms with Gasteiger partial charge in [0.05, 0.1) is 34.7 Å². The Balaban J connectivity index is 1.63. The van der Waals surface area contributed by atoms with Crippen LogP contribution in [0.5, 0.6) is 0 Å². The molecule has 5 atom stereocenters. The van der Waals surface area contributed by atoms with Gasteiger partial charge in [0, 0.05) is 17.0 Å². The van der Waals surface area contributed by atoms with Crippen LogP contribution in [-0.2, 0) is 33.7 Å². The molecule has 0 radical (unpaired) electrons. The van der Waals surface area contributed by atoms with Crippen LogP contribution in [0.2, 0.25) is 10.0 Å². The summed E-state index contributed by atoms with van der Waals surface area (Å²) >= 11 is 13.7. The first-order valence-electron chi connectivity index (χ1n) is 15.5. The number of nitrogens with one attached hydrogen (secondary N) is 1. The Morgan fingerprint density at radius 2 is 1.63 bits per heavy atom. The van der Waals surface area contributed by atoms with Crippen LogP contribution < -0.4 is 5.32 Å². The molecule has 46 heavy (non-hydrogen) atoms. The fourth-order valence-corrected chi connectivity index (χ4v) is 8.69. The molecule has 12 heteroatoms. The van der Waals surface area contributed by atoms with Crippen molar-refractivity contribution in [3.8, 4) is 0 Å². The van der Waals surface area contributed by atoms with Gasteiger partial charge in [-0.2, -0.15) is 26.3 Å². The highest BCUT2D eigenvalue weighted by molar-refractivity contribution is 6.38. The van der Waals surface area contributed by atoms with E-state index < -0.39 is 34.8 Å². The molecule has 0 saturated heterocycles. The van der Waals surface area contributed by atoms with Gasteiger partial charge in [0.25, 0.3) is 5.91 Å². The zero-order valence-corrected chi connectivity index (χ0v) is 27.9. The van der Waals surface area contributed by atoms with Crippen molar-refractivity contribution in [2.75, 3.05) is 13.7 Å². The normalized spacial score (nSPS) is 24.1. The minimum absolute atomic E-state index is 0.0206. The van der Waals surface area contributed by atoms with Gasteiger partial charge in [-0.3, -0.25) is 9.59 Å². The number of methoxy groups -OCH3 is 1. The van der Waals surface area contributed by atoms with Gasteiger partial charge in [0.15, 0.2) is 0 Å². The molecule has 1 aliphatic carbocycles. The lowest BCUT2D eigenvalue weighted by Crippen LogP contribution is -2.52. The number of carbonyl (C=O) groups is 2. The summed E-state index contributed by atoms with van der Waals surface area (Å²) in [4.78, 5) is 26.5. The molecule has 1 aliphatic heterocycles. The summed E-state index contributed by atoms with van der Waals surface area (Å²) in [7, 11) is 1.33. The van der Waals surface area contributed by atoms with Crippen molar-refractivity contribution in [2.24, 2.45) is 23.7 Å². The minimum atomic E-state index is -4.90. The van der Waals surface area contributed by atoms with Gasteiger partial charge in [-0.1, -0.05) is 63.7 Å². The van der Waals surface area contributed by atoms with Crippen LogP contribution in [0.15, 0.2) is 24.3 Å². The fourth-order valence-electron chi connectivity index (χ4n) is 7.71. The minimum Gasteiger partial charge on any atom is -0.469 e. The van der Waals surface area contributed by atoms with Crippen molar-refractivity contribution in [1.82, 2.24) is 5.32 Å². The average molecular weight is 695 g/mol. The van der Waals surface area contributed by atoms with Gasteiger partial charge in [0.2, 0.25) is 0 Å². The predicted molar refractivity (Wildman–Crippen MR) is 165 cm³/mol. The molecule has 1 heterocycles. The quantitative estimate of drug-likeness (QED) is 0.221. The standard InChI is InChI=1S/C34H39Cl2F6NO3/c1-17(2)27-26(35)15-24-28(29(27)36)30(44)43-16-25-23(31(45)46-5)10-9-20(32(24,25)4)8-6-7-18(3)11-19-12-21(33(37,38)39)14-22(13-19)34(40,41)42/h12-15,17-18,20,23,25H,6-11,16H2,1-5H3,(H,43,44)/t18?,20?,23-,25-,32-/m1/s1. The molecule has 1 N–H and O–H groups in total. The number of amides is 1. The van der Waals surface area contributed by atoms with E-state index in [2.05, 4.69) is 5.32 Å². The first-order valence-corrected chi connectivity index (χ1v) is 16.2. The van der Waals surface area contributed by atoms with Crippen molar-refractivity contribution < 1.29 is 40.7 Å². The molecule has 1 amide bonds. The first kappa shape index (κ1) is 36.4. The number of hydrogen-bond acceptors (Lipinski definition) is 3. The Bertz CT molecular complexity index is 1440. The number of esters is 1. The lowest BCUT2D eigenvalue weighted by atomic mass is 9.53. The summed E-state index contributed by atoms with van der Waals surface area (Å²) in [5, 5.41) is 3.69. The predicted octanol–water partition coefficient (Wildman–Crippen LogP) is 10.0. The van der Waals surface area contributed by atoms with E-state index in [1.165, 1.54) is 7.11 Å². The molecule has 2 unspecified atom stereocenters. The van der Waals surface area contributed by atoms with E-state index in [0.29, 0.717) is 53.8 Å². The molecule has 0 spiro atoms. The lowest BCUT2D eigenvalue weighted by Gasteiger charge is -2.50. The third-order valence-corrected chi connectivity index (χ3v) is 10.7. The molecule has 0 bridgehead atoms. The molecule has 1 saturated carbocycles. The van der Waals surface area contributed by atoms with Crippen LogP contribution in [0.4, 0.5) is 26.3 Å². The number of halogens is 8. The van der Waals surface area contributed by atoms with Gasteiger partial charge >= 0.3 is 18.3 Å². The lowest BCUT2D eigenvalue weighted by molar-refractivity contribution is -0.151. The molecule has 254 valence electrons. The number of fused-ring (bicyclic) bond motifs is 3. The number of rotatable bonds is 8. The van der Waals surface area contributed by atoms with E-state index in [1.807, 2.05) is 27.7 Å². The monoisotopic (exact) mass is 693 g/mol. The van der Waals surface area contributed by atoms with E-state index in [9.17, 15) is 35.9 Å². The second-order valence-corrected chi connectivity index (χ2v) is 14.1. The average Bonchev–Trinajstić information content (AvgIpc) is 3.05. The topological polar surface area (TPSA) is 55.4 Å². The molecule has 2 aliphatic rings. The third-order valence-electron chi connectivity index (χ3n) is 10.0.